The molecule has 0 aliphatic heterocycles. The zero-order valence-electron chi connectivity index (χ0n) is 14.7. The highest BCUT2D eigenvalue weighted by Gasteiger charge is 2.25. The normalized spacial score (nSPS) is 11.5. The summed E-state index contributed by atoms with van der Waals surface area (Å²) >= 11 is 6.01. The highest BCUT2D eigenvalue weighted by molar-refractivity contribution is 6.32. The first-order valence-electron chi connectivity index (χ1n) is 8.36. The van der Waals surface area contributed by atoms with Crippen molar-refractivity contribution < 1.29 is 19.2 Å². The fourth-order valence-corrected chi connectivity index (χ4v) is 2.71. The average Bonchev–Trinajstić information content (AvgIpc) is 2.63. The highest BCUT2D eigenvalue weighted by atomic mass is 35.5. The number of benzene rings is 2. The van der Waals surface area contributed by atoms with E-state index in [9.17, 15) is 19.7 Å². The summed E-state index contributed by atoms with van der Waals surface area (Å²) in [5, 5.41) is 14.1. The van der Waals surface area contributed by atoms with Crippen LogP contribution in [0.4, 0.5) is 11.4 Å². The predicted octanol–water partition coefficient (Wildman–Crippen LogP) is 4.64. The topological polar surface area (TPSA) is 98.5 Å². The summed E-state index contributed by atoms with van der Waals surface area (Å²) in [6.07, 6.45) is 1.26. The first-order valence-corrected chi connectivity index (χ1v) is 8.73. The SMILES string of the molecule is CC(CCCC(=O)Nc1ccccc1)Oc1c(Cl)ccc(C=O)c1[N+](=O)[O-]. The lowest BCUT2D eigenvalue weighted by atomic mass is 10.1. The molecule has 0 aliphatic rings. The van der Waals surface area contributed by atoms with Gasteiger partial charge in [-0.15, -0.1) is 0 Å². The van der Waals surface area contributed by atoms with Gasteiger partial charge >= 0.3 is 5.69 Å². The third kappa shape index (κ3) is 5.79. The molecule has 2 rings (SSSR count). The number of aldehydes is 1. The van der Waals surface area contributed by atoms with E-state index in [1.807, 2.05) is 18.2 Å². The van der Waals surface area contributed by atoms with Gasteiger partial charge < -0.3 is 10.1 Å². The van der Waals surface area contributed by atoms with Gasteiger partial charge in [0.25, 0.3) is 0 Å². The van der Waals surface area contributed by atoms with Gasteiger partial charge in [-0.1, -0.05) is 29.8 Å². The monoisotopic (exact) mass is 390 g/mol. The molecule has 1 N–H and O–H groups in total. The Bertz CT molecular complexity index is 826. The van der Waals surface area contributed by atoms with Crippen molar-refractivity contribution in [1.82, 2.24) is 0 Å². The second-order valence-electron chi connectivity index (χ2n) is 5.92. The molecule has 0 spiro atoms. The van der Waals surface area contributed by atoms with E-state index in [2.05, 4.69) is 5.32 Å². The molecule has 2 aromatic carbocycles. The van der Waals surface area contributed by atoms with Crippen molar-refractivity contribution in [2.45, 2.75) is 32.3 Å². The quantitative estimate of drug-likeness (QED) is 0.382. The largest absolute Gasteiger partial charge is 0.483 e. The second-order valence-corrected chi connectivity index (χ2v) is 6.33. The van der Waals surface area contributed by atoms with Crippen molar-refractivity contribution >= 4 is 35.2 Å². The minimum Gasteiger partial charge on any atom is -0.483 e. The first kappa shape index (κ1) is 20.4. The number of carbonyl (C=O) groups excluding carboxylic acids is 2. The minimum absolute atomic E-state index is 0.0565. The summed E-state index contributed by atoms with van der Waals surface area (Å²) in [6.45, 7) is 1.72. The van der Waals surface area contributed by atoms with Crippen LogP contribution in [0.5, 0.6) is 5.75 Å². The lowest BCUT2D eigenvalue weighted by Gasteiger charge is -2.16. The maximum Gasteiger partial charge on any atom is 0.322 e. The Kier molecular flexibility index (Phi) is 7.31. The smallest absolute Gasteiger partial charge is 0.322 e. The van der Waals surface area contributed by atoms with Crippen LogP contribution in [0.3, 0.4) is 0 Å². The molecular formula is C19H19ClN2O5. The molecule has 0 saturated carbocycles. The molecule has 27 heavy (non-hydrogen) atoms. The molecule has 0 bridgehead atoms. The van der Waals surface area contributed by atoms with Gasteiger partial charge in [0.05, 0.1) is 21.6 Å². The Hall–Kier alpha value is -2.93. The van der Waals surface area contributed by atoms with Gasteiger partial charge in [-0.2, -0.15) is 0 Å². The lowest BCUT2D eigenvalue weighted by molar-refractivity contribution is -0.386. The summed E-state index contributed by atoms with van der Waals surface area (Å²) in [5.41, 5.74) is 0.167. The van der Waals surface area contributed by atoms with E-state index in [4.69, 9.17) is 16.3 Å². The molecule has 8 heteroatoms. The van der Waals surface area contributed by atoms with Gasteiger partial charge in [0.15, 0.2) is 6.29 Å². The first-order chi connectivity index (χ1) is 12.9. The summed E-state index contributed by atoms with van der Waals surface area (Å²) in [7, 11) is 0. The molecule has 1 unspecified atom stereocenters. The Morgan fingerprint density at radius 2 is 2.00 bits per heavy atom. The van der Waals surface area contributed by atoms with Gasteiger partial charge in [0.2, 0.25) is 11.7 Å². The highest BCUT2D eigenvalue weighted by Crippen LogP contribution is 2.38. The Balaban J connectivity index is 1.92. The molecule has 1 atom stereocenters. The van der Waals surface area contributed by atoms with E-state index in [1.165, 1.54) is 12.1 Å². The standard InChI is InChI=1S/C19H19ClN2O5/c1-13(6-5-9-17(24)21-15-7-3-2-4-8-15)27-19-16(20)11-10-14(12-23)18(19)22(25)26/h2-4,7-8,10-13H,5-6,9H2,1H3,(H,21,24). The number of para-hydroxylation sites is 1. The molecule has 142 valence electrons. The molecule has 0 aliphatic carbocycles. The second kappa shape index (κ2) is 9.68. The van der Waals surface area contributed by atoms with E-state index in [0.29, 0.717) is 19.1 Å². The van der Waals surface area contributed by atoms with E-state index in [-0.39, 0.29) is 28.7 Å². The van der Waals surface area contributed by atoms with Crippen molar-refractivity contribution in [3.8, 4) is 5.75 Å². The van der Waals surface area contributed by atoms with E-state index < -0.39 is 16.7 Å². The van der Waals surface area contributed by atoms with Crippen molar-refractivity contribution in [2.75, 3.05) is 5.32 Å². The van der Waals surface area contributed by atoms with Crippen LogP contribution in [0.25, 0.3) is 0 Å². The van der Waals surface area contributed by atoms with Gasteiger partial charge in [0, 0.05) is 12.1 Å². The molecule has 0 fully saturated rings. The number of nitrogens with zero attached hydrogens (tertiary/aromatic N) is 1. The summed E-state index contributed by atoms with van der Waals surface area (Å²) in [5.74, 6) is -0.257. The Labute approximate surface area is 161 Å². The van der Waals surface area contributed by atoms with Gasteiger partial charge in [-0.05, 0) is 44.0 Å². The molecule has 0 saturated heterocycles. The minimum atomic E-state index is -0.690. The Morgan fingerprint density at radius 3 is 2.63 bits per heavy atom. The maximum absolute atomic E-state index is 11.9. The van der Waals surface area contributed by atoms with Crippen LogP contribution in [-0.4, -0.2) is 23.2 Å². The van der Waals surface area contributed by atoms with Crippen molar-refractivity contribution in [1.29, 1.82) is 0 Å². The van der Waals surface area contributed by atoms with Crippen molar-refractivity contribution in [2.24, 2.45) is 0 Å². The zero-order valence-corrected chi connectivity index (χ0v) is 15.4. The number of nitrogens with one attached hydrogen (secondary N) is 1. The lowest BCUT2D eigenvalue weighted by Crippen LogP contribution is -2.16. The van der Waals surface area contributed by atoms with Crippen LogP contribution in [0.1, 0.15) is 36.5 Å². The molecule has 7 nitrogen and oxygen atoms in total. The van der Waals surface area contributed by atoms with Gasteiger partial charge in [-0.25, -0.2) is 0 Å². The summed E-state index contributed by atoms with van der Waals surface area (Å²) in [6, 6.07) is 11.8. The Morgan fingerprint density at radius 1 is 1.30 bits per heavy atom. The van der Waals surface area contributed by atoms with Crippen LogP contribution >= 0.6 is 11.6 Å². The van der Waals surface area contributed by atoms with Crippen LogP contribution < -0.4 is 10.1 Å². The fourth-order valence-electron chi connectivity index (χ4n) is 2.51. The number of hydrogen-bond acceptors (Lipinski definition) is 5. The molecule has 0 heterocycles. The number of nitro groups is 1. The van der Waals surface area contributed by atoms with E-state index in [1.54, 1.807) is 19.1 Å². The van der Waals surface area contributed by atoms with Crippen LogP contribution in [-0.2, 0) is 4.79 Å². The fraction of sp³-hybridized carbons (Fsp3) is 0.263. The molecule has 0 aromatic heterocycles. The molecule has 1 amide bonds. The number of carbonyl (C=O) groups is 2. The molecular weight excluding hydrogens is 372 g/mol. The third-order valence-electron chi connectivity index (χ3n) is 3.82. The van der Waals surface area contributed by atoms with Crippen molar-refractivity contribution in [3.63, 3.8) is 0 Å². The number of anilines is 1. The molecule has 2 aromatic rings. The zero-order chi connectivity index (χ0) is 19.8. The van der Waals surface area contributed by atoms with E-state index in [0.717, 1.165) is 5.69 Å². The number of hydrogen-bond donors (Lipinski definition) is 1. The average molecular weight is 391 g/mol. The summed E-state index contributed by atoms with van der Waals surface area (Å²) < 4.78 is 5.62. The maximum atomic E-state index is 11.9. The van der Waals surface area contributed by atoms with Crippen LogP contribution in [0.15, 0.2) is 42.5 Å². The number of nitro benzene ring substituents is 1. The third-order valence-corrected chi connectivity index (χ3v) is 4.11. The van der Waals surface area contributed by atoms with E-state index >= 15 is 0 Å². The number of amides is 1. The van der Waals surface area contributed by atoms with Crippen molar-refractivity contribution in [3.05, 3.63) is 63.2 Å². The van der Waals surface area contributed by atoms with Crippen LogP contribution in [0.2, 0.25) is 5.02 Å². The number of rotatable bonds is 9. The molecule has 0 radical (unpaired) electrons. The van der Waals surface area contributed by atoms with Crippen LogP contribution in [0, 0.1) is 10.1 Å². The van der Waals surface area contributed by atoms with Gasteiger partial charge in [0.1, 0.15) is 0 Å². The number of halogens is 1. The predicted molar refractivity (Wildman–Crippen MR) is 103 cm³/mol. The number of ether oxygens (including phenoxy) is 1. The van der Waals surface area contributed by atoms with Gasteiger partial charge in [-0.3, -0.25) is 19.7 Å². The summed E-state index contributed by atoms with van der Waals surface area (Å²) in [4.78, 5) is 33.5.